The van der Waals surface area contributed by atoms with Crippen molar-refractivity contribution in [2.24, 2.45) is 0 Å². The number of nitrogens with zero attached hydrogens (tertiary/aromatic N) is 1. The summed E-state index contributed by atoms with van der Waals surface area (Å²) in [5, 5.41) is 6.56. The van der Waals surface area contributed by atoms with Crippen molar-refractivity contribution in [3.05, 3.63) is 104 Å². The third-order valence-electron chi connectivity index (χ3n) is 5.11. The number of amides is 1. The van der Waals surface area contributed by atoms with Crippen LogP contribution in [0.15, 0.2) is 76.3 Å². The van der Waals surface area contributed by atoms with Crippen molar-refractivity contribution < 1.29 is 4.79 Å². The average molecular weight is 449 g/mol. The van der Waals surface area contributed by atoms with Crippen LogP contribution in [0.3, 0.4) is 0 Å². The van der Waals surface area contributed by atoms with Gasteiger partial charge in [0, 0.05) is 24.3 Å². The third kappa shape index (κ3) is 4.43. The second kappa shape index (κ2) is 9.11. The molecule has 3 aromatic carbocycles. The number of aryl methyl sites for hydroxylation is 1. The minimum atomic E-state index is -0.720. The van der Waals surface area contributed by atoms with Crippen LogP contribution in [0.2, 0.25) is 5.02 Å². The number of carbonyl (C=O) groups excluding carboxylic acids is 1. The topological polar surface area (TPSA) is 96.0 Å². The van der Waals surface area contributed by atoms with Crippen LogP contribution in [-0.4, -0.2) is 15.5 Å². The first-order valence-corrected chi connectivity index (χ1v) is 10.5. The predicted molar refractivity (Wildman–Crippen MR) is 128 cm³/mol. The van der Waals surface area contributed by atoms with Crippen LogP contribution < -0.4 is 21.8 Å². The first-order valence-electron chi connectivity index (χ1n) is 10.1. The van der Waals surface area contributed by atoms with Gasteiger partial charge in [0.15, 0.2) is 0 Å². The Morgan fingerprint density at radius 3 is 2.53 bits per heavy atom. The molecule has 3 N–H and O–H groups in total. The fraction of sp³-hybridized carbons (Fsp3) is 0.125. The Hall–Kier alpha value is -3.84. The number of halogens is 1. The van der Waals surface area contributed by atoms with Crippen molar-refractivity contribution in [3.63, 3.8) is 0 Å². The first-order chi connectivity index (χ1) is 15.5. The van der Waals surface area contributed by atoms with E-state index in [1.165, 1.54) is 4.57 Å². The molecule has 162 valence electrons. The van der Waals surface area contributed by atoms with Gasteiger partial charge in [-0.2, -0.15) is 0 Å². The summed E-state index contributed by atoms with van der Waals surface area (Å²) in [6, 6.07) is 20.0. The molecule has 7 nitrogen and oxygen atoms in total. The molecule has 4 aromatic rings. The molecule has 4 rings (SSSR count). The van der Waals surface area contributed by atoms with Crippen LogP contribution in [0, 0.1) is 0 Å². The fourth-order valence-corrected chi connectivity index (χ4v) is 3.71. The van der Waals surface area contributed by atoms with Gasteiger partial charge in [-0.05, 0) is 48.9 Å². The van der Waals surface area contributed by atoms with E-state index >= 15 is 0 Å². The Labute approximate surface area is 188 Å². The molecule has 0 radical (unpaired) electrons. The highest BCUT2D eigenvalue weighted by Gasteiger charge is 2.12. The van der Waals surface area contributed by atoms with Gasteiger partial charge in [0.2, 0.25) is 0 Å². The van der Waals surface area contributed by atoms with E-state index in [4.69, 9.17) is 11.6 Å². The lowest BCUT2D eigenvalue weighted by molar-refractivity contribution is 0.102. The summed E-state index contributed by atoms with van der Waals surface area (Å²) >= 11 is 6.38. The third-order valence-corrected chi connectivity index (χ3v) is 5.42. The minimum Gasteiger partial charge on any atom is -0.380 e. The minimum absolute atomic E-state index is 0.344. The Balaban J connectivity index is 1.51. The van der Waals surface area contributed by atoms with E-state index in [2.05, 4.69) is 15.6 Å². The van der Waals surface area contributed by atoms with Gasteiger partial charge in [0.05, 0.1) is 21.7 Å². The summed E-state index contributed by atoms with van der Waals surface area (Å²) in [6.45, 7) is 2.77. The Kier molecular flexibility index (Phi) is 6.09. The van der Waals surface area contributed by atoms with Crippen LogP contribution in [0.1, 0.15) is 22.8 Å². The van der Waals surface area contributed by atoms with Crippen molar-refractivity contribution in [3.8, 4) is 0 Å². The van der Waals surface area contributed by atoms with E-state index in [1.54, 1.807) is 43.3 Å². The van der Waals surface area contributed by atoms with Crippen molar-refractivity contribution in [2.45, 2.75) is 20.0 Å². The fourth-order valence-electron chi connectivity index (χ4n) is 3.47. The van der Waals surface area contributed by atoms with E-state index in [9.17, 15) is 14.4 Å². The number of nitrogens with one attached hydrogen (secondary N) is 3. The number of carbonyl (C=O) groups is 1. The van der Waals surface area contributed by atoms with Gasteiger partial charge in [-0.1, -0.05) is 41.9 Å². The summed E-state index contributed by atoms with van der Waals surface area (Å²) in [5.41, 5.74) is 2.41. The SMILES string of the molecule is CCn1c(=O)c(=O)[nH]c2cc(C(=O)Nc3ccc(NCc4ccccc4)c(Cl)c3)ccc21. The molecule has 0 bridgehead atoms. The van der Waals surface area contributed by atoms with E-state index in [1.807, 2.05) is 30.3 Å². The maximum absolute atomic E-state index is 12.7. The lowest BCUT2D eigenvalue weighted by Crippen LogP contribution is -2.36. The van der Waals surface area contributed by atoms with Crippen molar-refractivity contribution >= 4 is 39.9 Å². The molecule has 1 amide bonds. The van der Waals surface area contributed by atoms with Gasteiger partial charge < -0.3 is 20.2 Å². The molecule has 0 saturated heterocycles. The maximum atomic E-state index is 12.7. The first kappa shape index (κ1) is 21.4. The van der Waals surface area contributed by atoms with E-state index < -0.39 is 11.1 Å². The van der Waals surface area contributed by atoms with Gasteiger partial charge >= 0.3 is 11.1 Å². The quantitative estimate of drug-likeness (QED) is 0.385. The number of rotatable bonds is 6. The molecule has 0 aliphatic carbocycles. The van der Waals surface area contributed by atoms with Crippen LogP contribution in [0.5, 0.6) is 0 Å². The van der Waals surface area contributed by atoms with E-state index in [-0.39, 0.29) is 5.91 Å². The van der Waals surface area contributed by atoms with Crippen molar-refractivity contribution in [1.29, 1.82) is 0 Å². The molecule has 0 unspecified atom stereocenters. The van der Waals surface area contributed by atoms with Crippen LogP contribution in [-0.2, 0) is 13.1 Å². The number of hydrogen-bond acceptors (Lipinski definition) is 4. The molecule has 0 atom stereocenters. The van der Waals surface area contributed by atoms with Gasteiger partial charge in [0.25, 0.3) is 5.91 Å². The summed E-state index contributed by atoms with van der Waals surface area (Å²) in [7, 11) is 0. The van der Waals surface area contributed by atoms with Crippen molar-refractivity contribution in [1.82, 2.24) is 9.55 Å². The van der Waals surface area contributed by atoms with Gasteiger partial charge in [0.1, 0.15) is 0 Å². The number of benzene rings is 3. The zero-order valence-corrected chi connectivity index (χ0v) is 18.1. The molecule has 32 heavy (non-hydrogen) atoms. The largest absolute Gasteiger partial charge is 0.380 e. The molecule has 8 heteroatoms. The highest BCUT2D eigenvalue weighted by molar-refractivity contribution is 6.33. The highest BCUT2D eigenvalue weighted by atomic mass is 35.5. The average Bonchev–Trinajstić information content (AvgIpc) is 2.80. The normalized spacial score (nSPS) is 10.8. The standard InChI is InChI=1S/C24H21ClN4O3/c1-2-29-21-11-8-16(12-20(21)28-23(31)24(29)32)22(30)27-17-9-10-19(18(25)13-17)26-14-15-6-4-3-5-7-15/h3-13,26H,2,14H2,1H3,(H,27,30)(H,28,31). The zero-order chi connectivity index (χ0) is 22.7. The molecular weight excluding hydrogens is 428 g/mol. The van der Waals surface area contributed by atoms with Gasteiger partial charge in [-0.25, -0.2) is 0 Å². The number of aromatic amines is 1. The van der Waals surface area contributed by atoms with Crippen LogP contribution in [0.4, 0.5) is 11.4 Å². The molecule has 1 aromatic heterocycles. The van der Waals surface area contributed by atoms with Crippen molar-refractivity contribution in [2.75, 3.05) is 10.6 Å². The molecular formula is C24H21ClN4O3. The number of fused-ring (bicyclic) bond motifs is 1. The van der Waals surface area contributed by atoms with Gasteiger partial charge in [-0.3, -0.25) is 14.4 Å². The Morgan fingerprint density at radius 2 is 1.81 bits per heavy atom. The lowest BCUT2D eigenvalue weighted by Gasteiger charge is -2.12. The second-order valence-electron chi connectivity index (χ2n) is 7.22. The Bertz CT molecular complexity index is 1410. The molecule has 0 aliphatic rings. The molecule has 0 aliphatic heterocycles. The summed E-state index contributed by atoms with van der Waals surface area (Å²) < 4.78 is 1.37. The van der Waals surface area contributed by atoms with E-state index in [0.717, 1.165) is 11.3 Å². The molecule has 0 fully saturated rings. The number of anilines is 2. The summed E-state index contributed by atoms with van der Waals surface area (Å²) in [4.78, 5) is 39.1. The maximum Gasteiger partial charge on any atom is 0.316 e. The van der Waals surface area contributed by atoms with Crippen LogP contribution >= 0.6 is 11.6 Å². The molecule has 0 spiro atoms. The smallest absolute Gasteiger partial charge is 0.316 e. The molecule has 0 saturated carbocycles. The van der Waals surface area contributed by atoms with Crippen LogP contribution in [0.25, 0.3) is 11.0 Å². The highest BCUT2D eigenvalue weighted by Crippen LogP contribution is 2.26. The molecule has 1 heterocycles. The number of H-pyrrole nitrogens is 1. The number of hydrogen-bond donors (Lipinski definition) is 3. The van der Waals surface area contributed by atoms with E-state index in [0.29, 0.717) is 40.4 Å². The van der Waals surface area contributed by atoms with Gasteiger partial charge in [-0.15, -0.1) is 0 Å². The number of aromatic nitrogens is 2. The lowest BCUT2D eigenvalue weighted by atomic mass is 10.1. The summed E-state index contributed by atoms with van der Waals surface area (Å²) in [6.07, 6.45) is 0. The summed E-state index contributed by atoms with van der Waals surface area (Å²) in [5.74, 6) is -0.358. The monoisotopic (exact) mass is 448 g/mol. The predicted octanol–water partition coefficient (Wildman–Crippen LogP) is 4.23. The second-order valence-corrected chi connectivity index (χ2v) is 7.63. The zero-order valence-electron chi connectivity index (χ0n) is 17.3. The Morgan fingerprint density at radius 1 is 1.03 bits per heavy atom.